The van der Waals surface area contributed by atoms with E-state index < -0.39 is 4.92 Å². The maximum absolute atomic E-state index is 13.1. The Bertz CT molecular complexity index is 1060. The summed E-state index contributed by atoms with van der Waals surface area (Å²) in [5.41, 5.74) is 1.84. The van der Waals surface area contributed by atoms with Crippen LogP contribution in [-0.2, 0) is 13.2 Å². The topological polar surface area (TPSA) is 72.7 Å². The van der Waals surface area contributed by atoms with Crippen molar-refractivity contribution in [3.05, 3.63) is 106 Å². The molecule has 0 aliphatic rings. The highest BCUT2D eigenvalue weighted by Crippen LogP contribution is 2.29. The highest BCUT2D eigenvalue weighted by Gasteiger charge is 2.26. The first kappa shape index (κ1) is 23.2. The summed E-state index contributed by atoms with van der Waals surface area (Å²) < 4.78 is 5.67. The van der Waals surface area contributed by atoms with Crippen LogP contribution >= 0.6 is 0 Å². The molecule has 0 saturated heterocycles. The van der Waals surface area contributed by atoms with Gasteiger partial charge in [0.2, 0.25) is 0 Å². The van der Waals surface area contributed by atoms with E-state index in [1.165, 1.54) is 12.1 Å². The highest BCUT2D eigenvalue weighted by atomic mass is 16.6. The lowest BCUT2D eigenvalue weighted by Gasteiger charge is -2.35. The molecule has 6 heteroatoms. The Kier molecular flexibility index (Phi) is 7.38. The van der Waals surface area contributed by atoms with Crippen LogP contribution in [0.4, 0.5) is 5.69 Å². The van der Waals surface area contributed by atoms with Crippen LogP contribution in [0.5, 0.6) is 5.75 Å². The van der Waals surface area contributed by atoms with Crippen LogP contribution in [0.1, 0.15) is 42.3 Å². The molecule has 3 aromatic carbocycles. The van der Waals surface area contributed by atoms with Gasteiger partial charge in [-0.25, -0.2) is 0 Å². The van der Waals surface area contributed by atoms with E-state index >= 15 is 0 Å². The average molecular weight is 433 g/mol. The van der Waals surface area contributed by atoms with Crippen LogP contribution in [0.15, 0.2) is 78.9 Å². The van der Waals surface area contributed by atoms with Gasteiger partial charge in [-0.15, -0.1) is 0 Å². The second kappa shape index (κ2) is 10.2. The van der Waals surface area contributed by atoms with Gasteiger partial charge in [0.25, 0.3) is 0 Å². The van der Waals surface area contributed by atoms with Crippen LogP contribution in [0, 0.1) is 10.1 Å². The van der Waals surface area contributed by atoms with E-state index in [2.05, 4.69) is 4.90 Å². The van der Waals surface area contributed by atoms with E-state index in [9.17, 15) is 14.9 Å². The van der Waals surface area contributed by atoms with Crippen molar-refractivity contribution in [1.82, 2.24) is 4.90 Å². The lowest BCUT2D eigenvalue weighted by atomic mass is 10.0. The van der Waals surface area contributed by atoms with Crippen LogP contribution in [0.3, 0.4) is 0 Å². The fourth-order valence-corrected chi connectivity index (χ4v) is 3.29. The minimum atomic E-state index is -0.511. The Morgan fingerprint density at radius 2 is 1.53 bits per heavy atom. The van der Waals surface area contributed by atoms with Crippen molar-refractivity contribution in [2.24, 2.45) is 0 Å². The molecule has 32 heavy (non-hydrogen) atoms. The molecule has 0 spiro atoms. The number of hydrogen-bond donors (Lipinski definition) is 0. The molecule has 166 valence electrons. The van der Waals surface area contributed by atoms with E-state index in [1.54, 1.807) is 6.07 Å². The van der Waals surface area contributed by atoms with Gasteiger partial charge in [0.05, 0.1) is 11.5 Å². The second-order valence-corrected chi connectivity index (χ2v) is 8.65. The summed E-state index contributed by atoms with van der Waals surface area (Å²) >= 11 is 0. The zero-order valence-electron chi connectivity index (χ0n) is 18.7. The number of rotatable bonds is 9. The SMILES string of the molecule is CC(C)(C)N(CC(=O)c1ccc(OCc2ccccc2)c([N+](=O)[O-])c1)Cc1ccccc1. The highest BCUT2D eigenvalue weighted by molar-refractivity contribution is 5.98. The van der Waals surface area contributed by atoms with Gasteiger partial charge in [-0.2, -0.15) is 0 Å². The van der Waals surface area contributed by atoms with Crippen molar-refractivity contribution in [3.63, 3.8) is 0 Å². The molecule has 0 saturated carbocycles. The Morgan fingerprint density at radius 1 is 0.938 bits per heavy atom. The molecule has 0 radical (unpaired) electrons. The molecular formula is C26H28N2O4. The lowest BCUT2D eigenvalue weighted by Crippen LogP contribution is -2.43. The normalized spacial score (nSPS) is 11.4. The summed E-state index contributed by atoms with van der Waals surface area (Å²) in [6, 6.07) is 23.8. The van der Waals surface area contributed by atoms with E-state index in [0.717, 1.165) is 11.1 Å². The van der Waals surface area contributed by atoms with Gasteiger partial charge in [0.1, 0.15) is 6.61 Å². The van der Waals surface area contributed by atoms with E-state index in [4.69, 9.17) is 4.74 Å². The summed E-state index contributed by atoms with van der Waals surface area (Å²) in [7, 11) is 0. The molecule has 0 unspecified atom stereocenters. The number of Topliss-reactive ketones (excluding diaryl/α,β-unsaturated/α-hetero) is 1. The molecule has 0 bridgehead atoms. The molecule has 6 nitrogen and oxygen atoms in total. The Hall–Kier alpha value is -3.51. The van der Waals surface area contributed by atoms with Crippen molar-refractivity contribution >= 4 is 11.5 Å². The number of nitro benzene ring substituents is 1. The largest absolute Gasteiger partial charge is 0.482 e. The molecule has 3 rings (SSSR count). The molecule has 3 aromatic rings. The van der Waals surface area contributed by atoms with Crippen molar-refractivity contribution in [2.75, 3.05) is 6.54 Å². The van der Waals surface area contributed by atoms with Crippen LogP contribution < -0.4 is 4.74 Å². The zero-order valence-corrected chi connectivity index (χ0v) is 18.7. The quantitative estimate of drug-likeness (QED) is 0.248. The molecule has 0 amide bonds. The molecule has 0 heterocycles. The molecule has 0 N–H and O–H groups in total. The van der Waals surface area contributed by atoms with Gasteiger partial charge < -0.3 is 4.74 Å². The fourth-order valence-electron chi connectivity index (χ4n) is 3.29. The lowest BCUT2D eigenvalue weighted by molar-refractivity contribution is -0.386. The number of ketones is 1. The first-order chi connectivity index (χ1) is 15.2. The van der Waals surface area contributed by atoms with E-state index in [1.807, 2.05) is 81.4 Å². The van der Waals surface area contributed by atoms with Gasteiger partial charge in [0, 0.05) is 23.7 Å². The molecular weight excluding hydrogens is 404 g/mol. The summed E-state index contributed by atoms with van der Waals surface area (Å²) in [6.07, 6.45) is 0. The van der Waals surface area contributed by atoms with Gasteiger partial charge in [-0.05, 0) is 44.0 Å². The average Bonchev–Trinajstić information content (AvgIpc) is 2.77. The number of hydrogen-bond acceptors (Lipinski definition) is 5. The summed E-state index contributed by atoms with van der Waals surface area (Å²) in [6.45, 7) is 7.12. The third kappa shape index (κ3) is 6.25. The summed E-state index contributed by atoms with van der Waals surface area (Å²) in [4.78, 5) is 26.2. The smallest absolute Gasteiger partial charge is 0.311 e. The van der Waals surface area contributed by atoms with Gasteiger partial charge >= 0.3 is 5.69 Å². The predicted molar refractivity (Wildman–Crippen MR) is 125 cm³/mol. The van der Waals surface area contributed by atoms with Crippen molar-refractivity contribution in [3.8, 4) is 5.75 Å². The van der Waals surface area contributed by atoms with Crippen LogP contribution in [0.2, 0.25) is 0 Å². The standard InChI is InChI=1S/C26H28N2O4/c1-26(2,3)27(17-20-10-6-4-7-11-20)18-24(29)22-14-15-25(23(16-22)28(30)31)32-19-21-12-8-5-9-13-21/h4-16H,17-19H2,1-3H3. The van der Waals surface area contributed by atoms with Crippen molar-refractivity contribution < 1.29 is 14.5 Å². The summed E-state index contributed by atoms with van der Waals surface area (Å²) in [5, 5.41) is 11.6. The van der Waals surface area contributed by atoms with E-state index in [0.29, 0.717) is 12.1 Å². The minimum absolute atomic E-state index is 0.146. The molecule has 0 aliphatic heterocycles. The van der Waals surface area contributed by atoms with Gasteiger partial charge in [0.15, 0.2) is 11.5 Å². The number of carbonyl (C=O) groups excluding carboxylic acids is 1. The molecule has 0 aliphatic carbocycles. The second-order valence-electron chi connectivity index (χ2n) is 8.65. The predicted octanol–water partition coefficient (Wildman–Crippen LogP) is 5.66. The van der Waals surface area contributed by atoms with E-state index in [-0.39, 0.29) is 35.9 Å². The first-order valence-electron chi connectivity index (χ1n) is 10.5. The molecule has 0 atom stereocenters. The van der Waals surface area contributed by atoms with Crippen molar-refractivity contribution in [1.29, 1.82) is 0 Å². The first-order valence-corrected chi connectivity index (χ1v) is 10.5. The monoisotopic (exact) mass is 432 g/mol. The number of nitrogens with zero attached hydrogens (tertiary/aromatic N) is 2. The third-order valence-electron chi connectivity index (χ3n) is 5.21. The maximum Gasteiger partial charge on any atom is 0.311 e. The number of nitro groups is 1. The Labute approximate surface area is 188 Å². The number of carbonyl (C=O) groups is 1. The van der Waals surface area contributed by atoms with Crippen molar-refractivity contribution in [2.45, 2.75) is 39.5 Å². The van der Waals surface area contributed by atoms with Crippen LogP contribution in [0.25, 0.3) is 0 Å². The van der Waals surface area contributed by atoms with Crippen LogP contribution in [-0.4, -0.2) is 27.7 Å². The third-order valence-corrected chi connectivity index (χ3v) is 5.21. The fraction of sp³-hybridized carbons (Fsp3) is 0.269. The molecule has 0 fully saturated rings. The minimum Gasteiger partial charge on any atom is -0.482 e. The van der Waals surface area contributed by atoms with Gasteiger partial charge in [-0.1, -0.05) is 60.7 Å². The maximum atomic E-state index is 13.1. The molecule has 0 aromatic heterocycles. The Balaban J connectivity index is 1.77. The Morgan fingerprint density at radius 3 is 2.09 bits per heavy atom. The summed E-state index contributed by atoms with van der Waals surface area (Å²) in [5.74, 6) is -0.0269. The number of ether oxygens (including phenoxy) is 1. The zero-order chi connectivity index (χ0) is 23.1. The van der Waals surface area contributed by atoms with Gasteiger partial charge in [-0.3, -0.25) is 19.8 Å². The number of benzene rings is 3.